The summed E-state index contributed by atoms with van der Waals surface area (Å²) in [7, 11) is 0. The minimum absolute atomic E-state index is 0.130. The number of allylic oxidation sites excluding steroid dienone is 2. The van der Waals surface area contributed by atoms with Crippen LogP contribution in [0.3, 0.4) is 0 Å². The van der Waals surface area contributed by atoms with E-state index in [9.17, 15) is 14.4 Å². The highest BCUT2D eigenvalue weighted by molar-refractivity contribution is 6.07. The SMILES string of the molecule is CC1=NC/C=C\C=C(\CN)CC(=O)N1C1CCC(=O)NC1=O. The van der Waals surface area contributed by atoms with Crippen LogP contribution in [0.2, 0.25) is 0 Å². The first-order valence-corrected chi connectivity index (χ1v) is 7.24. The number of piperidine rings is 1. The Labute approximate surface area is 128 Å². The summed E-state index contributed by atoms with van der Waals surface area (Å²) in [4.78, 5) is 41.6. The molecule has 0 saturated carbocycles. The van der Waals surface area contributed by atoms with Crippen molar-refractivity contribution < 1.29 is 14.4 Å². The number of hydrogen-bond donors (Lipinski definition) is 2. The van der Waals surface area contributed by atoms with Gasteiger partial charge in [0.15, 0.2) is 0 Å². The summed E-state index contributed by atoms with van der Waals surface area (Å²) < 4.78 is 0. The van der Waals surface area contributed by atoms with Crippen molar-refractivity contribution in [1.29, 1.82) is 0 Å². The summed E-state index contributed by atoms with van der Waals surface area (Å²) in [5.41, 5.74) is 6.44. The van der Waals surface area contributed by atoms with Crippen LogP contribution in [0, 0.1) is 0 Å². The van der Waals surface area contributed by atoms with E-state index in [0.29, 0.717) is 18.8 Å². The minimum atomic E-state index is -0.698. The molecular weight excluding hydrogens is 284 g/mol. The lowest BCUT2D eigenvalue weighted by molar-refractivity contribution is -0.142. The van der Waals surface area contributed by atoms with Gasteiger partial charge in [-0.25, -0.2) is 0 Å². The van der Waals surface area contributed by atoms with E-state index in [0.717, 1.165) is 5.57 Å². The zero-order valence-electron chi connectivity index (χ0n) is 12.5. The van der Waals surface area contributed by atoms with Crippen LogP contribution in [0.4, 0.5) is 0 Å². The molecule has 7 heteroatoms. The molecule has 0 spiro atoms. The predicted octanol–water partition coefficient (Wildman–Crippen LogP) is -0.116. The maximum absolute atomic E-state index is 12.6. The van der Waals surface area contributed by atoms with Crippen LogP contribution in [0.25, 0.3) is 0 Å². The van der Waals surface area contributed by atoms with Crippen LogP contribution in [0.15, 0.2) is 28.8 Å². The van der Waals surface area contributed by atoms with Crippen LogP contribution in [-0.4, -0.2) is 47.6 Å². The summed E-state index contributed by atoms with van der Waals surface area (Å²) in [6, 6.07) is -0.698. The van der Waals surface area contributed by atoms with Gasteiger partial charge in [-0.2, -0.15) is 0 Å². The monoisotopic (exact) mass is 304 g/mol. The molecule has 0 aliphatic carbocycles. The number of carbonyl (C=O) groups is 3. The van der Waals surface area contributed by atoms with E-state index in [-0.39, 0.29) is 31.2 Å². The van der Waals surface area contributed by atoms with Gasteiger partial charge in [-0.1, -0.05) is 18.2 Å². The first kappa shape index (κ1) is 16.1. The first-order chi connectivity index (χ1) is 10.5. The second-order valence-electron chi connectivity index (χ2n) is 5.25. The van der Waals surface area contributed by atoms with Crippen molar-refractivity contribution in [3.05, 3.63) is 23.8 Å². The van der Waals surface area contributed by atoms with Crippen LogP contribution in [0.1, 0.15) is 26.2 Å². The number of nitrogens with two attached hydrogens (primary N) is 1. The molecule has 2 rings (SSSR count). The Balaban J connectivity index is 2.30. The summed E-state index contributed by atoms with van der Waals surface area (Å²) >= 11 is 0. The molecule has 1 unspecified atom stereocenters. The van der Waals surface area contributed by atoms with Gasteiger partial charge in [0.05, 0.1) is 6.54 Å². The number of amidine groups is 1. The Bertz CT molecular complexity index is 577. The number of amides is 3. The van der Waals surface area contributed by atoms with Crippen molar-refractivity contribution >= 4 is 23.6 Å². The van der Waals surface area contributed by atoms with Crippen molar-refractivity contribution in [2.45, 2.75) is 32.2 Å². The number of imide groups is 1. The number of rotatable bonds is 2. The van der Waals surface area contributed by atoms with Crippen LogP contribution >= 0.6 is 0 Å². The van der Waals surface area contributed by atoms with Crippen molar-refractivity contribution in [2.75, 3.05) is 13.1 Å². The lowest BCUT2D eigenvalue weighted by Gasteiger charge is -2.33. The fraction of sp³-hybridized carbons (Fsp3) is 0.467. The summed E-state index contributed by atoms with van der Waals surface area (Å²) in [6.07, 6.45) is 6.14. The molecule has 1 atom stereocenters. The molecule has 3 amide bonds. The molecule has 22 heavy (non-hydrogen) atoms. The maximum Gasteiger partial charge on any atom is 0.249 e. The fourth-order valence-corrected chi connectivity index (χ4v) is 2.51. The Morgan fingerprint density at radius 2 is 2.18 bits per heavy atom. The van der Waals surface area contributed by atoms with E-state index in [4.69, 9.17) is 5.73 Å². The summed E-state index contributed by atoms with van der Waals surface area (Å²) in [5.74, 6) is -0.523. The van der Waals surface area contributed by atoms with E-state index < -0.39 is 11.9 Å². The third-order valence-corrected chi connectivity index (χ3v) is 3.67. The molecule has 118 valence electrons. The molecule has 2 aliphatic heterocycles. The van der Waals surface area contributed by atoms with Crippen molar-refractivity contribution in [2.24, 2.45) is 10.7 Å². The number of nitrogens with one attached hydrogen (secondary N) is 1. The van der Waals surface area contributed by atoms with Crippen molar-refractivity contribution in [1.82, 2.24) is 10.2 Å². The van der Waals surface area contributed by atoms with Gasteiger partial charge in [-0.05, 0) is 18.9 Å². The minimum Gasteiger partial charge on any atom is -0.327 e. The van der Waals surface area contributed by atoms with Crippen LogP contribution in [-0.2, 0) is 14.4 Å². The van der Waals surface area contributed by atoms with E-state index in [1.165, 1.54) is 4.90 Å². The standard InChI is InChI=1S/C15H20N4O3/c1-10-17-7-3-2-4-11(9-16)8-14(21)19(10)12-5-6-13(20)18-15(12)22/h2-4,12H,5-9,16H2,1H3,(H,18,20,22)/b3-2-,11-4+,17-10?. The Hall–Kier alpha value is -2.28. The molecule has 2 heterocycles. The van der Waals surface area contributed by atoms with E-state index in [1.54, 1.807) is 13.0 Å². The van der Waals surface area contributed by atoms with E-state index >= 15 is 0 Å². The highest BCUT2D eigenvalue weighted by atomic mass is 16.2. The lowest BCUT2D eigenvalue weighted by Crippen LogP contribution is -2.56. The molecule has 0 aromatic heterocycles. The van der Waals surface area contributed by atoms with E-state index in [1.807, 2.05) is 12.2 Å². The molecular formula is C15H20N4O3. The third-order valence-electron chi connectivity index (χ3n) is 3.67. The van der Waals surface area contributed by atoms with Gasteiger partial charge in [0.25, 0.3) is 0 Å². The molecule has 0 bridgehead atoms. The molecule has 0 aromatic rings. The summed E-state index contributed by atoms with van der Waals surface area (Å²) in [5, 5.41) is 2.28. The van der Waals surface area contributed by atoms with Gasteiger partial charge in [0.1, 0.15) is 11.9 Å². The molecule has 0 radical (unpaired) electrons. The fourth-order valence-electron chi connectivity index (χ4n) is 2.51. The van der Waals surface area contributed by atoms with Crippen LogP contribution in [0.5, 0.6) is 0 Å². The number of hydrogen-bond acceptors (Lipinski definition) is 5. The lowest BCUT2D eigenvalue weighted by atomic mass is 10.0. The molecule has 3 N–H and O–H groups in total. The van der Waals surface area contributed by atoms with Crippen molar-refractivity contribution in [3.63, 3.8) is 0 Å². The molecule has 7 nitrogen and oxygen atoms in total. The largest absolute Gasteiger partial charge is 0.327 e. The number of carbonyl (C=O) groups excluding carboxylic acids is 3. The second kappa shape index (κ2) is 7.13. The predicted molar refractivity (Wildman–Crippen MR) is 81.9 cm³/mol. The van der Waals surface area contributed by atoms with Gasteiger partial charge in [-0.3, -0.25) is 29.6 Å². The zero-order chi connectivity index (χ0) is 16.1. The van der Waals surface area contributed by atoms with E-state index in [2.05, 4.69) is 10.3 Å². The van der Waals surface area contributed by atoms with Gasteiger partial charge >= 0.3 is 0 Å². The highest BCUT2D eigenvalue weighted by Gasteiger charge is 2.35. The maximum atomic E-state index is 12.6. The molecule has 1 saturated heterocycles. The molecule has 0 aromatic carbocycles. The summed E-state index contributed by atoms with van der Waals surface area (Å²) in [6.45, 7) is 2.38. The topological polar surface area (TPSA) is 105 Å². The second-order valence-corrected chi connectivity index (χ2v) is 5.25. The van der Waals surface area contributed by atoms with Gasteiger partial charge < -0.3 is 5.73 Å². The Morgan fingerprint density at radius 1 is 1.41 bits per heavy atom. The van der Waals surface area contributed by atoms with Gasteiger partial charge in [0, 0.05) is 19.4 Å². The Morgan fingerprint density at radius 3 is 2.86 bits per heavy atom. The Kier molecular flexibility index (Phi) is 5.21. The third kappa shape index (κ3) is 3.67. The molecule has 2 aliphatic rings. The van der Waals surface area contributed by atoms with Crippen molar-refractivity contribution in [3.8, 4) is 0 Å². The zero-order valence-corrected chi connectivity index (χ0v) is 12.5. The van der Waals surface area contributed by atoms with Crippen LogP contribution < -0.4 is 11.1 Å². The number of aliphatic imine (C=N–C) groups is 1. The first-order valence-electron chi connectivity index (χ1n) is 7.24. The highest BCUT2D eigenvalue weighted by Crippen LogP contribution is 2.17. The molecule has 1 fully saturated rings. The number of nitrogens with zero attached hydrogens (tertiary/aromatic N) is 2. The van der Waals surface area contributed by atoms with Gasteiger partial charge in [-0.15, -0.1) is 0 Å². The quantitative estimate of drug-likeness (QED) is 0.694. The normalized spacial score (nSPS) is 27.6. The van der Waals surface area contributed by atoms with Gasteiger partial charge in [0.2, 0.25) is 17.7 Å². The average Bonchev–Trinajstić information content (AvgIpc) is 2.47. The smallest absolute Gasteiger partial charge is 0.249 e. The average molecular weight is 304 g/mol.